The second kappa shape index (κ2) is 29.9. The average Bonchev–Trinajstić information content (AvgIpc) is 0.787. The first-order valence-corrected chi connectivity index (χ1v) is 43.4. The highest BCUT2D eigenvalue weighted by molar-refractivity contribution is 6.94. The lowest BCUT2D eigenvalue weighted by Crippen LogP contribution is -2.49. The summed E-state index contributed by atoms with van der Waals surface area (Å²) in [6.07, 6.45) is 6.74. The lowest BCUT2D eigenvalue weighted by molar-refractivity contribution is -0.659. The van der Waals surface area contributed by atoms with Crippen molar-refractivity contribution in [2.75, 3.05) is 0 Å². The molecule has 0 bridgehead atoms. The van der Waals surface area contributed by atoms with Gasteiger partial charge in [0.2, 0.25) is 17.1 Å². The molecule has 9 aromatic rings. The van der Waals surface area contributed by atoms with Crippen molar-refractivity contribution < 1.29 is 13.7 Å². The van der Waals surface area contributed by atoms with E-state index >= 15 is 0 Å². The van der Waals surface area contributed by atoms with Gasteiger partial charge >= 0.3 is 0 Å². The van der Waals surface area contributed by atoms with Crippen LogP contribution in [0.5, 0.6) is 0 Å². The molecule has 0 radical (unpaired) electrons. The Kier molecular flexibility index (Phi) is 23.9. The molecular formula is C86H124N3Si3+3. The Morgan fingerprint density at radius 3 is 1.00 bits per heavy atom. The van der Waals surface area contributed by atoms with Crippen LogP contribution in [-0.2, 0) is 26.6 Å². The summed E-state index contributed by atoms with van der Waals surface area (Å²) < 4.78 is 6.93. The Morgan fingerprint density at radius 1 is 0.348 bits per heavy atom. The summed E-state index contributed by atoms with van der Waals surface area (Å²) in [6.45, 7) is 58.8. The summed E-state index contributed by atoms with van der Waals surface area (Å²) >= 11 is 0. The van der Waals surface area contributed by atoms with E-state index in [2.05, 4.69) is 342 Å². The van der Waals surface area contributed by atoms with Gasteiger partial charge in [-0.25, -0.2) is 13.7 Å². The molecule has 0 atom stereocenters. The van der Waals surface area contributed by atoms with Gasteiger partial charge in [0.25, 0.3) is 0 Å². The van der Waals surface area contributed by atoms with Crippen LogP contribution in [0, 0.1) is 27.7 Å². The van der Waals surface area contributed by atoms with Crippen molar-refractivity contribution in [3.05, 3.63) is 178 Å². The quantitative estimate of drug-likeness (QED) is 0.0599. The minimum absolute atomic E-state index is 0.142. The molecular weight excluding hydrogens is 1160 g/mol. The van der Waals surface area contributed by atoms with Crippen LogP contribution in [0.3, 0.4) is 0 Å². The Bertz CT molecular complexity index is 4040. The molecule has 6 aromatic carbocycles. The van der Waals surface area contributed by atoms with Crippen LogP contribution in [0.4, 0.5) is 0 Å². The molecule has 0 saturated carbocycles. The number of hydrogen-bond donors (Lipinski definition) is 0. The van der Waals surface area contributed by atoms with Crippen LogP contribution >= 0.6 is 0 Å². The van der Waals surface area contributed by atoms with Crippen LogP contribution in [0.2, 0.25) is 52.9 Å². The number of hydrogen-bond acceptors (Lipinski definition) is 0. The van der Waals surface area contributed by atoms with E-state index in [1.54, 1.807) is 15.6 Å². The van der Waals surface area contributed by atoms with Crippen molar-refractivity contribution >= 4 is 72.1 Å². The normalized spacial score (nSPS) is 12.5. The number of nitrogens with zero attached hydrogens (tertiary/aromatic N) is 3. The molecule has 3 aromatic heterocycles. The van der Waals surface area contributed by atoms with Crippen LogP contribution in [-0.4, -0.2) is 24.2 Å². The number of rotatable bonds is 18. The zero-order valence-corrected chi connectivity index (χ0v) is 66.3. The largest absolute Gasteiger partial charge is 0.220 e. The van der Waals surface area contributed by atoms with Gasteiger partial charge in [-0.05, 0) is 165 Å². The molecule has 9 rings (SSSR count). The first kappa shape index (κ1) is 73.6. The lowest BCUT2D eigenvalue weighted by atomic mass is 9.84. The van der Waals surface area contributed by atoms with Gasteiger partial charge in [-0.1, -0.05) is 258 Å². The third kappa shape index (κ3) is 14.4. The lowest BCUT2D eigenvalue weighted by Gasteiger charge is -2.34. The van der Waals surface area contributed by atoms with Crippen LogP contribution < -0.4 is 29.3 Å². The highest BCUT2D eigenvalue weighted by Crippen LogP contribution is 2.40. The average molecular weight is 1280 g/mol. The van der Waals surface area contributed by atoms with Crippen LogP contribution in [0.15, 0.2) is 134 Å². The summed E-state index contributed by atoms with van der Waals surface area (Å²) in [5, 5.41) is 13.1. The number of fused-ring (bicyclic) bond motifs is 3. The fourth-order valence-corrected chi connectivity index (χ4v) is 29.6. The third-order valence-electron chi connectivity index (χ3n) is 23.2. The molecule has 0 saturated heterocycles. The molecule has 0 aliphatic rings. The third-order valence-corrected chi connectivity index (χ3v) is 41.8. The van der Waals surface area contributed by atoms with E-state index in [1.807, 2.05) is 0 Å². The Balaban J connectivity index is 0.000000196. The van der Waals surface area contributed by atoms with E-state index < -0.39 is 24.2 Å². The fourth-order valence-electron chi connectivity index (χ4n) is 16.2. The minimum atomic E-state index is -1.49. The molecule has 0 unspecified atom stereocenters. The standard InChI is InChI=1S/C30H44NSi.2C28H40NSi/c1-11-32(12-2,22(7)8)26-13-14-27-24(17-26)15-16-31(10)30(27)29-19-25(20(3)4)18-28(21(5)6)23(29)9;1-10-30(11-2,20(5)6)25-12-13-26-23(17-25)14-15-29(9)28(26)27-18-24(19(3)4)16-21(7)22(27)8;1-10-30(11-2,20(3)4)24-14-15-25-22(18-24)16-17-29(9)27(25)26-19-23(28(6,7)8)13-12-21(26)5/h13-22H,11-12H2,1-10H3;2*12-20H,10-11H2,1-9H3/q3*+1. The van der Waals surface area contributed by atoms with Crippen molar-refractivity contribution in [2.45, 2.75) is 249 Å². The van der Waals surface area contributed by atoms with Crippen molar-refractivity contribution in [2.24, 2.45) is 21.1 Å². The summed E-state index contributed by atoms with van der Waals surface area (Å²) in [5.74, 6) is 1.57. The van der Waals surface area contributed by atoms with Crippen LogP contribution in [0.1, 0.15) is 208 Å². The molecule has 0 amide bonds. The first-order chi connectivity index (χ1) is 43.3. The Hall–Kier alpha value is -5.80. The van der Waals surface area contributed by atoms with Gasteiger partial charge in [-0.15, -0.1) is 0 Å². The van der Waals surface area contributed by atoms with Gasteiger partial charge in [0.1, 0.15) is 21.1 Å². The molecule has 92 heavy (non-hydrogen) atoms. The summed E-state index contributed by atoms with van der Waals surface area (Å²) in [6, 6.07) is 53.6. The molecule has 492 valence electrons. The maximum Gasteiger partial charge on any atom is 0.220 e. The van der Waals surface area contributed by atoms with Gasteiger partial charge in [0.05, 0.1) is 51.5 Å². The predicted octanol–water partition coefficient (Wildman–Crippen LogP) is 22.2. The van der Waals surface area contributed by atoms with Gasteiger partial charge < -0.3 is 0 Å². The maximum absolute atomic E-state index is 2.53. The molecule has 0 fully saturated rings. The molecule has 3 nitrogen and oxygen atoms in total. The maximum atomic E-state index is 2.53. The van der Waals surface area contributed by atoms with Gasteiger partial charge in [-0.2, -0.15) is 0 Å². The topological polar surface area (TPSA) is 11.6 Å². The van der Waals surface area contributed by atoms with Crippen molar-refractivity contribution in [1.29, 1.82) is 0 Å². The van der Waals surface area contributed by atoms with Crippen LogP contribution in [0.25, 0.3) is 66.1 Å². The molecule has 3 heterocycles. The number of aryl methyl sites for hydroxylation is 5. The highest BCUT2D eigenvalue weighted by atomic mass is 28.3. The number of pyridine rings is 3. The SMILES string of the molecule is CC[Si](CC)(c1ccc2c(-c3cc(C(C)(C)C)ccc3C)[n+](C)ccc2c1)C(C)C.CC[Si](CC)(c1ccc2c(-c3cc(C(C)C)cc(C(C)C)c3C)[n+](C)ccc2c1)C(C)C.CC[Si](CC)(c1ccc2c(-c3cc(C(C)C)cc(C)c3C)[n+](C)ccc2c1)C(C)C. The Labute approximate surface area is 564 Å². The molecule has 0 N–H and O–H groups in total. The summed E-state index contributed by atoms with van der Waals surface area (Å²) in [4.78, 5) is 0. The Morgan fingerprint density at radius 2 is 0.685 bits per heavy atom. The van der Waals surface area contributed by atoms with E-state index in [0.29, 0.717) is 17.8 Å². The minimum Gasteiger partial charge on any atom is -0.200 e. The summed E-state index contributed by atoms with van der Waals surface area (Å²) in [5.41, 5.74) is 21.8. The smallest absolute Gasteiger partial charge is 0.200 e. The zero-order valence-electron chi connectivity index (χ0n) is 63.3. The van der Waals surface area contributed by atoms with Crippen molar-refractivity contribution in [3.8, 4) is 33.8 Å². The predicted molar refractivity (Wildman–Crippen MR) is 416 cm³/mol. The van der Waals surface area contributed by atoms with E-state index in [0.717, 1.165) is 16.6 Å². The van der Waals surface area contributed by atoms with Gasteiger partial charge in [0, 0.05) is 23.8 Å². The van der Waals surface area contributed by atoms with Crippen molar-refractivity contribution in [3.63, 3.8) is 0 Å². The summed E-state index contributed by atoms with van der Waals surface area (Å²) in [7, 11) is 2.12. The van der Waals surface area contributed by atoms with Crippen molar-refractivity contribution in [1.82, 2.24) is 0 Å². The van der Waals surface area contributed by atoms with E-state index in [1.165, 1.54) is 147 Å². The second-order valence-corrected chi connectivity index (χ2v) is 47.2. The number of aromatic nitrogens is 3. The monoisotopic (exact) mass is 1280 g/mol. The fraction of sp³-hybridized carbons (Fsp3) is 0.477. The van der Waals surface area contributed by atoms with Gasteiger partial charge in [-0.3, -0.25) is 0 Å². The van der Waals surface area contributed by atoms with E-state index in [9.17, 15) is 0 Å². The second-order valence-electron chi connectivity index (χ2n) is 30.8. The molecule has 6 heteroatoms. The first-order valence-electron chi connectivity index (χ1n) is 35.9. The zero-order chi connectivity index (χ0) is 68.3. The molecule has 0 aliphatic heterocycles. The molecule has 0 aliphatic carbocycles. The molecule has 0 spiro atoms. The number of benzene rings is 6. The van der Waals surface area contributed by atoms with E-state index in [4.69, 9.17) is 0 Å². The van der Waals surface area contributed by atoms with Gasteiger partial charge in [0.15, 0.2) is 18.6 Å². The van der Waals surface area contributed by atoms with E-state index in [-0.39, 0.29) is 5.41 Å². The highest BCUT2D eigenvalue weighted by Gasteiger charge is 2.38.